The number of thiophene rings is 1. The molecule has 1 aliphatic rings. The first-order valence-corrected chi connectivity index (χ1v) is 8.18. The largest absolute Gasteiger partial charge is 0.485 e. The first-order valence-electron chi connectivity index (χ1n) is 7.30. The Hall–Kier alpha value is -2.54. The zero-order chi connectivity index (χ0) is 15.8. The number of nitrogens with zero attached hydrogens (tertiary/aromatic N) is 2. The zero-order valence-electron chi connectivity index (χ0n) is 12.5. The highest BCUT2D eigenvalue weighted by atomic mass is 32.1. The Balaban J connectivity index is 1.49. The van der Waals surface area contributed by atoms with Gasteiger partial charge in [0.05, 0.1) is 12.2 Å². The van der Waals surface area contributed by atoms with E-state index in [2.05, 4.69) is 10.3 Å². The average Bonchev–Trinajstić information content (AvgIpc) is 3.15. The van der Waals surface area contributed by atoms with Crippen LogP contribution in [0.15, 0.2) is 29.9 Å². The fraction of sp³-hybridized carbons (Fsp3) is 0.250. The van der Waals surface area contributed by atoms with Crippen LogP contribution in [-0.2, 0) is 6.54 Å². The predicted molar refractivity (Wildman–Crippen MR) is 86.4 cm³/mol. The van der Waals surface area contributed by atoms with E-state index < -0.39 is 0 Å². The highest BCUT2D eigenvalue weighted by Crippen LogP contribution is 2.39. The van der Waals surface area contributed by atoms with Gasteiger partial charge in [0.25, 0.3) is 5.91 Å². The van der Waals surface area contributed by atoms with Crippen molar-refractivity contribution in [2.45, 2.75) is 13.5 Å². The van der Waals surface area contributed by atoms with E-state index in [0.29, 0.717) is 36.1 Å². The lowest BCUT2D eigenvalue weighted by Gasteiger charge is -2.15. The van der Waals surface area contributed by atoms with E-state index in [9.17, 15) is 4.79 Å². The van der Waals surface area contributed by atoms with Gasteiger partial charge in [0.2, 0.25) is 0 Å². The number of hydrogen-bond acceptors (Lipinski definition) is 5. The van der Waals surface area contributed by atoms with Gasteiger partial charge >= 0.3 is 0 Å². The fourth-order valence-electron chi connectivity index (χ4n) is 2.51. The van der Waals surface area contributed by atoms with Crippen LogP contribution in [0, 0.1) is 6.92 Å². The summed E-state index contributed by atoms with van der Waals surface area (Å²) >= 11 is 1.33. The average molecular weight is 329 g/mol. The summed E-state index contributed by atoms with van der Waals surface area (Å²) < 4.78 is 13.0. The van der Waals surface area contributed by atoms with Crippen molar-refractivity contribution < 1.29 is 14.3 Å². The van der Waals surface area contributed by atoms with E-state index in [0.717, 1.165) is 16.9 Å². The molecule has 3 aromatic heterocycles. The molecule has 0 bridgehead atoms. The topological polar surface area (TPSA) is 64.9 Å². The number of carbonyl (C=O) groups is 1. The highest BCUT2D eigenvalue weighted by Gasteiger charge is 2.23. The van der Waals surface area contributed by atoms with Gasteiger partial charge in [-0.2, -0.15) is 0 Å². The number of aryl methyl sites for hydroxylation is 1. The molecule has 0 aliphatic carbocycles. The van der Waals surface area contributed by atoms with Crippen molar-refractivity contribution in [3.05, 3.63) is 46.0 Å². The monoisotopic (exact) mass is 329 g/mol. The molecule has 0 saturated carbocycles. The molecule has 4 rings (SSSR count). The first-order chi connectivity index (χ1) is 11.2. The van der Waals surface area contributed by atoms with E-state index in [-0.39, 0.29) is 5.91 Å². The second-order valence-corrected chi connectivity index (χ2v) is 6.22. The molecular formula is C16H15N3O3S. The van der Waals surface area contributed by atoms with Crippen molar-refractivity contribution in [2.24, 2.45) is 0 Å². The minimum atomic E-state index is -0.171. The van der Waals surface area contributed by atoms with Crippen LogP contribution >= 0.6 is 11.3 Å². The second-order valence-electron chi connectivity index (χ2n) is 5.34. The lowest BCUT2D eigenvalue weighted by molar-refractivity contribution is 0.0945. The van der Waals surface area contributed by atoms with Crippen LogP contribution in [0.2, 0.25) is 0 Å². The summed E-state index contributed by atoms with van der Waals surface area (Å²) in [7, 11) is 0. The van der Waals surface area contributed by atoms with Crippen LogP contribution in [0.3, 0.4) is 0 Å². The Labute approximate surface area is 136 Å². The molecule has 1 N–H and O–H groups in total. The Morgan fingerprint density at radius 3 is 3.13 bits per heavy atom. The number of aromatic nitrogens is 2. The third-order valence-electron chi connectivity index (χ3n) is 3.59. The van der Waals surface area contributed by atoms with Gasteiger partial charge in [0.15, 0.2) is 11.5 Å². The normalized spacial score (nSPS) is 13.3. The molecule has 3 aromatic rings. The van der Waals surface area contributed by atoms with Gasteiger partial charge in [0, 0.05) is 17.8 Å². The SMILES string of the molecule is Cc1ccc2nc(CNC(=O)c3scc4c3OCCO4)cn2c1. The van der Waals surface area contributed by atoms with Crippen molar-refractivity contribution >= 4 is 22.9 Å². The number of nitrogens with one attached hydrogen (secondary N) is 1. The minimum Gasteiger partial charge on any atom is -0.485 e. The molecule has 0 saturated heterocycles. The number of rotatable bonds is 3. The number of pyridine rings is 1. The van der Waals surface area contributed by atoms with E-state index >= 15 is 0 Å². The molecule has 6 nitrogen and oxygen atoms in total. The van der Waals surface area contributed by atoms with Gasteiger partial charge in [-0.05, 0) is 18.6 Å². The van der Waals surface area contributed by atoms with E-state index in [1.807, 2.05) is 35.9 Å². The summed E-state index contributed by atoms with van der Waals surface area (Å²) in [5.41, 5.74) is 2.84. The van der Waals surface area contributed by atoms with E-state index in [1.165, 1.54) is 11.3 Å². The first kappa shape index (κ1) is 14.1. The maximum Gasteiger partial charge on any atom is 0.265 e. The molecule has 7 heteroatoms. The Bertz CT molecular complexity index is 884. The summed E-state index contributed by atoms with van der Waals surface area (Å²) in [6.45, 7) is 3.39. The quantitative estimate of drug-likeness (QED) is 0.801. The molecule has 23 heavy (non-hydrogen) atoms. The standard InChI is InChI=1S/C16H15N3O3S/c1-10-2-3-13-18-11(8-19(13)7-10)6-17-16(20)15-14-12(9-23-15)21-4-5-22-14/h2-3,7-9H,4-6H2,1H3,(H,17,20). The van der Waals surface area contributed by atoms with E-state index in [1.54, 1.807) is 5.38 Å². The summed E-state index contributed by atoms with van der Waals surface area (Å²) in [5.74, 6) is 1.02. The van der Waals surface area contributed by atoms with Gasteiger partial charge in [-0.15, -0.1) is 11.3 Å². The molecule has 1 amide bonds. The van der Waals surface area contributed by atoms with Crippen molar-refractivity contribution in [2.75, 3.05) is 13.2 Å². The maximum atomic E-state index is 12.3. The lowest BCUT2D eigenvalue weighted by Crippen LogP contribution is -2.23. The molecule has 0 spiro atoms. The maximum absolute atomic E-state index is 12.3. The van der Waals surface area contributed by atoms with Crippen molar-refractivity contribution in [1.82, 2.24) is 14.7 Å². The molecule has 1 aliphatic heterocycles. The van der Waals surface area contributed by atoms with Crippen molar-refractivity contribution in [1.29, 1.82) is 0 Å². The number of amides is 1. The van der Waals surface area contributed by atoms with Gasteiger partial charge in [-0.3, -0.25) is 4.79 Å². The van der Waals surface area contributed by atoms with Crippen LogP contribution in [-0.4, -0.2) is 28.5 Å². The van der Waals surface area contributed by atoms with Crippen LogP contribution in [0.1, 0.15) is 20.9 Å². The molecule has 0 aromatic carbocycles. The lowest BCUT2D eigenvalue weighted by atomic mass is 10.3. The minimum absolute atomic E-state index is 0.171. The second kappa shape index (κ2) is 5.58. The summed E-state index contributed by atoms with van der Waals surface area (Å²) in [5, 5.41) is 4.69. The van der Waals surface area contributed by atoms with Crippen LogP contribution in [0.4, 0.5) is 0 Å². The third-order valence-corrected chi connectivity index (χ3v) is 4.52. The molecule has 0 unspecified atom stereocenters. The zero-order valence-corrected chi connectivity index (χ0v) is 13.4. The number of fused-ring (bicyclic) bond motifs is 2. The van der Waals surface area contributed by atoms with Gasteiger partial charge < -0.3 is 19.2 Å². The smallest absolute Gasteiger partial charge is 0.265 e. The van der Waals surface area contributed by atoms with Gasteiger partial charge in [0.1, 0.15) is 23.7 Å². The van der Waals surface area contributed by atoms with Crippen molar-refractivity contribution in [3.63, 3.8) is 0 Å². The predicted octanol–water partition coefficient (Wildman–Crippen LogP) is 2.41. The molecule has 0 atom stereocenters. The summed E-state index contributed by atoms with van der Waals surface area (Å²) in [6, 6.07) is 3.97. The fourth-order valence-corrected chi connectivity index (χ4v) is 3.36. The molecule has 4 heterocycles. The number of hydrogen-bond donors (Lipinski definition) is 1. The van der Waals surface area contributed by atoms with Crippen LogP contribution < -0.4 is 14.8 Å². The Morgan fingerprint density at radius 1 is 1.35 bits per heavy atom. The van der Waals surface area contributed by atoms with Crippen LogP contribution in [0.25, 0.3) is 5.65 Å². The Morgan fingerprint density at radius 2 is 2.22 bits per heavy atom. The Kier molecular flexibility index (Phi) is 3.42. The molecule has 0 radical (unpaired) electrons. The molecular weight excluding hydrogens is 314 g/mol. The van der Waals surface area contributed by atoms with E-state index in [4.69, 9.17) is 9.47 Å². The number of ether oxygens (including phenoxy) is 2. The molecule has 0 fully saturated rings. The van der Waals surface area contributed by atoms with Crippen molar-refractivity contribution in [3.8, 4) is 11.5 Å². The molecule has 118 valence electrons. The highest BCUT2D eigenvalue weighted by molar-refractivity contribution is 7.12. The van der Waals surface area contributed by atoms with Gasteiger partial charge in [-0.25, -0.2) is 4.98 Å². The number of carbonyl (C=O) groups excluding carboxylic acids is 1. The third kappa shape index (κ3) is 2.63. The van der Waals surface area contributed by atoms with Crippen LogP contribution in [0.5, 0.6) is 11.5 Å². The number of imidazole rings is 1. The summed E-state index contributed by atoms with van der Waals surface area (Å²) in [4.78, 5) is 17.4. The summed E-state index contributed by atoms with van der Waals surface area (Å²) in [6.07, 6.45) is 3.93. The van der Waals surface area contributed by atoms with Gasteiger partial charge in [-0.1, -0.05) is 6.07 Å².